The van der Waals surface area contributed by atoms with Gasteiger partial charge in [0.25, 0.3) is 0 Å². The van der Waals surface area contributed by atoms with Crippen molar-refractivity contribution in [2.24, 2.45) is 0 Å². The highest BCUT2D eigenvalue weighted by Gasteiger charge is 2.22. The highest BCUT2D eigenvalue weighted by Crippen LogP contribution is 2.49. The van der Waals surface area contributed by atoms with Gasteiger partial charge in [0.05, 0.1) is 29.1 Å². The molecule has 0 unspecified atom stereocenters. The molecule has 0 atom stereocenters. The zero-order valence-electron chi connectivity index (χ0n) is 27.8. The van der Waals surface area contributed by atoms with E-state index in [1.807, 2.05) is 48.5 Å². The molecule has 36 heavy (non-hydrogen) atoms. The molecule has 1 aliphatic rings. The third-order valence-electron chi connectivity index (χ3n) is 6.74. The highest BCUT2D eigenvalue weighted by atomic mass is 16.5. The normalized spacial score (nSPS) is 15.6. The molecule has 0 amide bonds. The predicted octanol–water partition coefficient (Wildman–Crippen LogP) is 9.38. The molecule has 0 saturated carbocycles. The van der Waals surface area contributed by atoms with Gasteiger partial charge in [-0.3, -0.25) is 0 Å². The van der Waals surface area contributed by atoms with E-state index in [1.165, 1.54) is 0 Å². The summed E-state index contributed by atoms with van der Waals surface area (Å²) in [5.74, 6) is 0.318. The van der Waals surface area contributed by atoms with E-state index in [0.717, 1.165) is 10.8 Å². The molecular weight excluding hydrogens is 438 g/mol. The summed E-state index contributed by atoms with van der Waals surface area (Å²) in [6.45, 7) is 0. The Bertz CT molecular complexity index is 2410. The maximum Gasteiger partial charge on any atom is 0.135 e. The molecule has 0 radical (unpaired) electrons. The Hall–Kier alpha value is -4.82. The van der Waals surface area contributed by atoms with Crippen LogP contribution in [0.15, 0.2) is 127 Å². The molecule has 0 fully saturated rings. The number of nitrogens with zero attached hydrogens (tertiary/aromatic N) is 1. The van der Waals surface area contributed by atoms with Crippen LogP contribution in [0.2, 0.25) is 0 Å². The van der Waals surface area contributed by atoms with Crippen LogP contribution in [0.25, 0.3) is 60.5 Å². The lowest BCUT2D eigenvalue weighted by molar-refractivity contribution is 0.487. The fraction of sp³-hybridized carbons (Fsp3) is 0. The molecule has 1 aliphatic heterocycles. The fourth-order valence-corrected chi connectivity index (χ4v) is 5.22. The number of rotatable bonds is 2. The summed E-state index contributed by atoms with van der Waals surface area (Å²) < 4.78 is 88.6. The van der Waals surface area contributed by atoms with Gasteiger partial charge in [0.15, 0.2) is 0 Å². The Kier molecular flexibility index (Phi) is 2.60. The van der Waals surface area contributed by atoms with Crippen LogP contribution in [-0.2, 0) is 0 Å². The molecule has 2 nitrogen and oxygen atoms in total. The highest BCUT2D eigenvalue weighted by molar-refractivity contribution is 6.12. The van der Waals surface area contributed by atoms with E-state index < -0.39 is 36.3 Å². The molecule has 0 bridgehead atoms. The zero-order chi connectivity index (χ0) is 31.5. The van der Waals surface area contributed by atoms with Crippen molar-refractivity contribution >= 4 is 32.6 Å². The molecule has 2 heterocycles. The predicted molar refractivity (Wildman–Crippen MR) is 149 cm³/mol. The lowest BCUT2D eigenvalue weighted by Gasteiger charge is -2.23. The Morgan fingerprint density at radius 2 is 1.19 bits per heavy atom. The molecule has 0 N–H and O–H groups in total. The number of para-hydroxylation sites is 4. The third-order valence-corrected chi connectivity index (χ3v) is 6.74. The lowest BCUT2D eigenvalue weighted by atomic mass is 9.90. The lowest BCUT2D eigenvalue weighted by Crippen LogP contribution is -2.00. The van der Waals surface area contributed by atoms with Crippen molar-refractivity contribution in [3.05, 3.63) is 127 Å². The Morgan fingerprint density at radius 3 is 2.03 bits per heavy atom. The molecule has 0 saturated heterocycles. The van der Waals surface area contributed by atoms with Gasteiger partial charge in [-0.05, 0) is 52.8 Å². The minimum atomic E-state index is -0.536. The molecule has 168 valence electrons. The largest absolute Gasteiger partial charge is 0.456 e. The molecule has 8 rings (SSSR count). The van der Waals surface area contributed by atoms with E-state index in [4.69, 9.17) is 13.0 Å². The van der Waals surface area contributed by atoms with Gasteiger partial charge in [0, 0.05) is 27.3 Å². The van der Waals surface area contributed by atoms with Gasteiger partial charge in [0.1, 0.15) is 11.5 Å². The minimum Gasteiger partial charge on any atom is -0.456 e. The number of ether oxygens (including phenoxy) is 1. The number of aromatic nitrogens is 1. The smallest absolute Gasteiger partial charge is 0.135 e. The van der Waals surface area contributed by atoms with E-state index in [2.05, 4.69) is 0 Å². The van der Waals surface area contributed by atoms with E-state index in [-0.39, 0.29) is 57.0 Å². The van der Waals surface area contributed by atoms with Crippen molar-refractivity contribution in [1.82, 2.24) is 4.57 Å². The monoisotopic (exact) mass is 468 g/mol. The molecule has 7 aromatic rings. The Balaban J connectivity index is 1.64. The second kappa shape index (κ2) is 7.34. The first-order valence-electron chi connectivity index (χ1n) is 16.1. The summed E-state index contributed by atoms with van der Waals surface area (Å²) in [5.41, 5.74) is 2.00. The number of hydrogen-bond acceptors (Lipinski definition) is 1. The van der Waals surface area contributed by atoms with Crippen LogP contribution in [0.1, 0.15) is 12.3 Å². The van der Waals surface area contributed by atoms with E-state index in [1.54, 1.807) is 28.8 Å². The fourth-order valence-electron chi connectivity index (χ4n) is 5.22. The van der Waals surface area contributed by atoms with Gasteiger partial charge in [-0.25, -0.2) is 0 Å². The number of fused-ring (bicyclic) bond motifs is 5. The standard InChI is InChI=1S/C34H21NO/c1-5-16-29(35-30-17-6-2-11-24(30)25-12-3-7-18-31(25)35)23(10-1)22-20-21-33-34-27(22)14-9-15-28(34)26-13-4-8-19-32(26)36-33/h1-21H/i1D,5D,9D,10D,14D,15D,16D,20D,21D. The first kappa shape index (κ1) is 12.8. The van der Waals surface area contributed by atoms with Crippen molar-refractivity contribution in [2.75, 3.05) is 0 Å². The summed E-state index contributed by atoms with van der Waals surface area (Å²) in [4.78, 5) is 0. The summed E-state index contributed by atoms with van der Waals surface area (Å²) in [7, 11) is 0. The molecule has 2 heteroatoms. The van der Waals surface area contributed by atoms with Crippen LogP contribution >= 0.6 is 0 Å². The second-order valence-corrected chi connectivity index (χ2v) is 8.65. The van der Waals surface area contributed by atoms with Crippen molar-refractivity contribution in [3.8, 4) is 39.4 Å². The van der Waals surface area contributed by atoms with Crippen molar-refractivity contribution in [2.45, 2.75) is 0 Å². The van der Waals surface area contributed by atoms with Crippen molar-refractivity contribution in [3.63, 3.8) is 0 Å². The first-order chi connectivity index (χ1) is 21.6. The van der Waals surface area contributed by atoms with Crippen LogP contribution in [0, 0.1) is 0 Å². The van der Waals surface area contributed by atoms with Gasteiger partial charge in [-0.1, -0.05) is 90.9 Å². The van der Waals surface area contributed by atoms with E-state index >= 15 is 0 Å². The summed E-state index contributed by atoms with van der Waals surface area (Å²) >= 11 is 0. The minimum absolute atomic E-state index is 0.0172. The van der Waals surface area contributed by atoms with Gasteiger partial charge < -0.3 is 9.30 Å². The van der Waals surface area contributed by atoms with Crippen LogP contribution in [0.5, 0.6) is 11.5 Å². The average molecular weight is 469 g/mol. The molecule has 0 spiro atoms. The molecule has 1 aromatic heterocycles. The van der Waals surface area contributed by atoms with Gasteiger partial charge >= 0.3 is 0 Å². The summed E-state index contributed by atoms with van der Waals surface area (Å²) in [6.07, 6.45) is 0. The number of hydrogen-bond donors (Lipinski definition) is 0. The summed E-state index contributed by atoms with van der Waals surface area (Å²) in [5, 5.41) is 1.92. The zero-order valence-corrected chi connectivity index (χ0v) is 18.8. The maximum atomic E-state index is 9.28. The Morgan fingerprint density at radius 1 is 0.500 bits per heavy atom. The average Bonchev–Trinajstić information content (AvgIpc) is 3.39. The molecule has 0 aliphatic carbocycles. The van der Waals surface area contributed by atoms with Gasteiger partial charge in [0.2, 0.25) is 0 Å². The quantitative estimate of drug-likeness (QED) is 0.246. The van der Waals surface area contributed by atoms with Crippen LogP contribution in [0.4, 0.5) is 0 Å². The van der Waals surface area contributed by atoms with Gasteiger partial charge in [-0.15, -0.1) is 0 Å². The molecule has 6 aromatic carbocycles. The topological polar surface area (TPSA) is 14.2 Å². The SMILES string of the molecule is [2H]c1c([2H])c([2H])c(-n2c3ccccc3c3ccccc32)c(-c2c([2H])c([2H])c3c4c(c([2H])c([2H])c([2H])c24)-c2ccccc2O3)c1[2H]. The molecular formula is C34H21NO. The van der Waals surface area contributed by atoms with Crippen molar-refractivity contribution < 1.29 is 17.1 Å². The third kappa shape index (κ3) is 2.61. The van der Waals surface area contributed by atoms with Crippen molar-refractivity contribution in [1.29, 1.82) is 0 Å². The maximum absolute atomic E-state index is 9.28. The van der Waals surface area contributed by atoms with E-state index in [0.29, 0.717) is 22.3 Å². The first-order valence-corrected chi connectivity index (χ1v) is 11.6. The van der Waals surface area contributed by atoms with E-state index in [9.17, 15) is 4.11 Å². The Labute approximate surface area is 221 Å². The number of benzene rings is 6. The second-order valence-electron chi connectivity index (χ2n) is 8.65. The van der Waals surface area contributed by atoms with Crippen LogP contribution < -0.4 is 4.74 Å². The van der Waals surface area contributed by atoms with Crippen LogP contribution in [0.3, 0.4) is 0 Å². The summed E-state index contributed by atoms with van der Waals surface area (Å²) in [6, 6.07) is 18.3. The van der Waals surface area contributed by atoms with Gasteiger partial charge in [-0.2, -0.15) is 0 Å². The van der Waals surface area contributed by atoms with Crippen LogP contribution in [-0.4, -0.2) is 4.57 Å².